The van der Waals surface area contributed by atoms with Crippen LogP contribution in [-0.2, 0) is 6.54 Å². The fraction of sp³-hybridized carbons (Fsp3) is 0.154. The van der Waals surface area contributed by atoms with Gasteiger partial charge in [-0.2, -0.15) is 9.37 Å². The van der Waals surface area contributed by atoms with E-state index in [0.717, 1.165) is 5.56 Å². The van der Waals surface area contributed by atoms with Crippen molar-refractivity contribution in [1.82, 2.24) is 4.98 Å². The average molecular weight is 268 g/mol. The minimum Gasteiger partial charge on any atom is -0.497 e. The van der Waals surface area contributed by atoms with E-state index < -0.39 is 17.6 Å². The molecule has 0 amide bonds. The van der Waals surface area contributed by atoms with Crippen LogP contribution in [0.5, 0.6) is 5.75 Å². The maximum atomic E-state index is 13.3. The molecule has 0 fully saturated rings. The Morgan fingerprint density at radius 2 is 1.79 bits per heavy atom. The summed E-state index contributed by atoms with van der Waals surface area (Å²) in [7, 11) is 1.55. The van der Waals surface area contributed by atoms with E-state index in [2.05, 4.69) is 10.3 Å². The van der Waals surface area contributed by atoms with Gasteiger partial charge in [-0.25, -0.2) is 8.78 Å². The van der Waals surface area contributed by atoms with Gasteiger partial charge in [-0.05, 0) is 17.7 Å². The molecule has 1 heterocycles. The summed E-state index contributed by atoms with van der Waals surface area (Å²) in [6.07, 6.45) is 0. The molecule has 0 aliphatic carbocycles. The molecule has 1 aromatic carbocycles. The van der Waals surface area contributed by atoms with E-state index in [-0.39, 0.29) is 12.4 Å². The Morgan fingerprint density at radius 1 is 1.11 bits per heavy atom. The number of hydrogen-bond acceptors (Lipinski definition) is 3. The Labute approximate surface area is 108 Å². The lowest BCUT2D eigenvalue weighted by molar-refractivity contribution is 0.414. The van der Waals surface area contributed by atoms with Gasteiger partial charge in [0.05, 0.1) is 7.11 Å². The molecule has 0 spiro atoms. The third-order valence-corrected chi connectivity index (χ3v) is 2.51. The van der Waals surface area contributed by atoms with E-state index in [4.69, 9.17) is 4.74 Å². The van der Waals surface area contributed by atoms with Crippen molar-refractivity contribution in [2.75, 3.05) is 12.4 Å². The summed E-state index contributed by atoms with van der Waals surface area (Å²) in [6, 6.07) is 7.48. The van der Waals surface area contributed by atoms with E-state index in [1.54, 1.807) is 31.4 Å². The smallest absolute Gasteiger partial charge is 0.251 e. The monoisotopic (exact) mass is 268 g/mol. The van der Waals surface area contributed by atoms with Crippen molar-refractivity contribution in [3.63, 3.8) is 0 Å². The molecule has 0 radical (unpaired) electrons. The number of benzene rings is 1. The minimum atomic E-state index is -1.33. The molecule has 0 unspecified atom stereocenters. The highest BCUT2D eigenvalue weighted by Gasteiger charge is 2.11. The van der Waals surface area contributed by atoms with Gasteiger partial charge in [0.15, 0.2) is 17.5 Å². The van der Waals surface area contributed by atoms with Crippen molar-refractivity contribution in [1.29, 1.82) is 0 Å². The Kier molecular flexibility index (Phi) is 3.89. The first-order chi connectivity index (χ1) is 9.10. The number of anilines is 1. The maximum Gasteiger partial charge on any atom is 0.251 e. The van der Waals surface area contributed by atoms with Gasteiger partial charge in [0.1, 0.15) is 5.75 Å². The Morgan fingerprint density at radius 3 is 2.42 bits per heavy atom. The quantitative estimate of drug-likeness (QED) is 0.865. The number of nitrogens with zero attached hydrogens (tertiary/aromatic N) is 1. The van der Waals surface area contributed by atoms with Crippen LogP contribution in [0, 0.1) is 17.6 Å². The first-order valence-corrected chi connectivity index (χ1v) is 5.48. The van der Waals surface area contributed by atoms with Crippen LogP contribution in [0.2, 0.25) is 0 Å². The molecule has 0 atom stereocenters. The van der Waals surface area contributed by atoms with Gasteiger partial charge in [0.2, 0.25) is 0 Å². The number of methoxy groups -OCH3 is 1. The SMILES string of the molecule is COc1ccc(CNc2nc(F)c(F)cc2F)cc1. The van der Waals surface area contributed by atoms with E-state index in [1.165, 1.54) is 0 Å². The molecule has 100 valence electrons. The third-order valence-electron chi connectivity index (χ3n) is 2.51. The zero-order valence-corrected chi connectivity index (χ0v) is 10.1. The van der Waals surface area contributed by atoms with Crippen molar-refractivity contribution in [3.05, 3.63) is 53.5 Å². The standard InChI is InChI=1S/C13H11F3N2O/c1-19-9-4-2-8(3-5-9)7-17-13-11(15)6-10(14)12(16)18-13/h2-6H,7H2,1H3,(H,17,18). The largest absolute Gasteiger partial charge is 0.497 e. The fourth-order valence-corrected chi connectivity index (χ4v) is 1.50. The first-order valence-electron chi connectivity index (χ1n) is 5.48. The van der Waals surface area contributed by atoms with Gasteiger partial charge < -0.3 is 10.1 Å². The van der Waals surface area contributed by atoms with Crippen molar-refractivity contribution in [3.8, 4) is 5.75 Å². The predicted octanol–water partition coefficient (Wildman–Crippen LogP) is 3.12. The summed E-state index contributed by atoms with van der Waals surface area (Å²) < 4.78 is 43.9. The number of ether oxygens (including phenoxy) is 1. The zero-order chi connectivity index (χ0) is 13.8. The van der Waals surface area contributed by atoms with Crippen LogP contribution >= 0.6 is 0 Å². The fourth-order valence-electron chi connectivity index (χ4n) is 1.50. The molecule has 2 aromatic rings. The highest BCUT2D eigenvalue weighted by molar-refractivity contribution is 5.38. The molecule has 19 heavy (non-hydrogen) atoms. The molecule has 3 nitrogen and oxygen atoms in total. The van der Waals surface area contributed by atoms with E-state index >= 15 is 0 Å². The van der Waals surface area contributed by atoms with Crippen LogP contribution in [0.4, 0.5) is 19.0 Å². The molecular weight excluding hydrogens is 257 g/mol. The molecule has 0 saturated heterocycles. The summed E-state index contributed by atoms with van der Waals surface area (Å²) in [6.45, 7) is 0.235. The van der Waals surface area contributed by atoms with E-state index in [0.29, 0.717) is 11.8 Å². The molecule has 0 aliphatic rings. The van der Waals surface area contributed by atoms with Crippen molar-refractivity contribution in [2.24, 2.45) is 0 Å². The molecule has 6 heteroatoms. The molecular formula is C13H11F3N2O. The second-order valence-corrected chi connectivity index (χ2v) is 3.79. The second-order valence-electron chi connectivity index (χ2n) is 3.79. The summed E-state index contributed by atoms with van der Waals surface area (Å²) >= 11 is 0. The van der Waals surface area contributed by atoms with Crippen molar-refractivity contribution >= 4 is 5.82 Å². The number of nitrogens with one attached hydrogen (secondary N) is 1. The molecule has 0 bridgehead atoms. The van der Waals surface area contributed by atoms with Gasteiger partial charge in [-0.3, -0.25) is 0 Å². The summed E-state index contributed by atoms with van der Waals surface area (Å²) in [5.41, 5.74) is 0.826. The lowest BCUT2D eigenvalue weighted by Crippen LogP contribution is -2.06. The number of aromatic nitrogens is 1. The second kappa shape index (κ2) is 5.60. The molecule has 1 N–H and O–H groups in total. The summed E-state index contributed by atoms with van der Waals surface area (Å²) in [5, 5.41) is 2.60. The lowest BCUT2D eigenvalue weighted by atomic mass is 10.2. The van der Waals surface area contributed by atoms with Crippen LogP contribution in [0.1, 0.15) is 5.56 Å². The van der Waals surface area contributed by atoms with Crippen LogP contribution in [0.3, 0.4) is 0 Å². The normalized spacial score (nSPS) is 10.3. The van der Waals surface area contributed by atoms with Crippen molar-refractivity contribution < 1.29 is 17.9 Å². The van der Waals surface area contributed by atoms with Crippen LogP contribution in [0.15, 0.2) is 30.3 Å². The average Bonchev–Trinajstić information content (AvgIpc) is 2.42. The highest BCUT2D eigenvalue weighted by Crippen LogP contribution is 2.16. The van der Waals surface area contributed by atoms with Gasteiger partial charge >= 0.3 is 0 Å². The van der Waals surface area contributed by atoms with Gasteiger partial charge in [0, 0.05) is 12.6 Å². The maximum absolute atomic E-state index is 13.3. The number of rotatable bonds is 4. The summed E-state index contributed by atoms with van der Waals surface area (Å²) in [4.78, 5) is 3.17. The minimum absolute atomic E-state index is 0.235. The van der Waals surface area contributed by atoms with Gasteiger partial charge in [0.25, 0.3) is 5.95 Å². The molecule has 1 aromatic heterocycles. The molecule has 0 saturated carbocycles. The number of pyridine rings is 1. The summed E-state index contributed by atoms with van der Waals surface area (Å²) in [5.74, 6) is -3.21. The Balaban J connectivity index is 2.07. The van der Waals surface area contributed by atoms with Gasteiger partial charge in [-0.15, -0.1) is 0 Å². The molecule has 2 rings (SSSR count). The predicted molar refractivity (Wildman–Crippen MR) is 64.4 cm³/mol. The number of hydrogen-bond donors (Lipinski definition) is 1. The lowest BCUT2D eigenvalue weighted by Gasteiger charge is -2.07. The van der Waals surface area contributed by atoms with E-state index in [1.807, 2.05) is 0 Å². The van der Waals surface area contributed by atoms with Crippen LogP contribution in [0.25, 0.3) is 0 Å². The highest BCUT2D eigenvalue weighted by atomic mass is 19.2. The number of halogens is 3. The van der Waals surface area contributed by atoms with Crippen molar-refractivity contribution in [2.45, 2.75) is 6.54 Å². The van der Waals surface area contributed by atoms with E-state index in [9.17, 15) is 13.2 Å². The molecule has 0 aliphatic heterocycles. The Bertz CT molecular complexity index is 573. The topological polar surface area (TPSA) is 34.1 Å². The van der Waals surface area contributed by atoms with Crippen LogP contribution in [-0.4, -0.2) is 12.1 Å². The van der Waals surface area contributed by atoms with Crippen LogP contribution < -0.4 is 10.1 Å². The van der Waals surface area contributed by atoms with Gasteiger partial charge in [-0.1, -0.05) is 12.1 Å². The Hall–Kier alpha value is -2.24. The first kappa shape index (κ1) is 13.2. The third kappa shape index (κ3) is 3.15. The zero-order valence-electron chi connectivity index (χ0n) is 10.1.